The Bertz CT molecular complexity index is 858. The fraction of sp³-hybridized carbons (Fsp3) is 0.417. The van der Waals surface area contributed by atoms with Gasteiger partial charge in [0, 0.05) is 23.5 Å². The number of carbonyl (C=O) groups excluding carboxylic acids is 2. The van der Waals surface area contributed by atoms with Crippen molar-refractivity contribution in [2.24, 2.45) is 0 Å². The monoisotopic (exact) mass is 414 g/mol. The molecule has 1 N–H and O–H groups in total. The van der Waals surface area contributed by atoms with E-state index in [1.54, 1.807) is 11.8 Å². The standard InChI is InChI=1S/C24H31ClN2O2/c1-17-10-6-7-12-20(17)16-27(18(2)23(29)26-24(3,4)5)22(28)15-14-19-11-8-9-13-21(19)25/h6-13,18H,14-16H2,1-5H3,(H,26,29)/t18-/m1/s1. The number of carbonyl (C=O) groups is 2. The number of hydrogen-bond donors (Lipinski definition) is 1. The summed E-state index contributed by atoms with van der Waals surface area (Å²) in [5, 5.41) is 3.64. The minimum atomic E-state index is -0.576. The lowest BCUT2D eigenvalue weighted by molar-refractivity contribution is -0.141. The van der Waals surface area contributed by atoms with Crippen molar-refractivity contribution >= 4 is 23.4 Å². The second-order valence-corrected chi connectivity index (χ2v) is 8.86. The number of benzene rings is 2. The smallest absolute Gasteiger partial charge is 0.242 e. The Kier molecular flexibility index (Phi) is 7.86. The molecular formula is C24H31ClN2O2. The van der Waals surface area contributed by atoms with Gasteiger partial charge in [-0.25, -0.2) is 0 Å². The van der Waals surface area contributed by atoms with Crippen molar-refractivity contribution in [3.8, 4) is 0 Å². The van der Waals surface area contributed by atoms with Crippen LogP contribution in [0.15, 0.2) is 48.5 Å². The average Bonchev–Trinajstić information content (AvgIpc) is 2.64. The van der Waals surface area contributed by atoms with E-state index in [1.165, 1.54) is 0 Å². The molecule has 1 atom stereocenters. The van der Waals surface area contributed by atoms with Crippen molar-refractivity contribution in [2.75, 3.05) is 0 Å². The Labute approximate surface area is 179 Å². The van der Waals surface area contributed by atoms with Crippen LogP contribution in [0.5, 0.6) is 0 Å². The highest BCUT2D eigenvalue weighted by atomic mass is 35.5. The largest absolute Gasteiger partial charge is 0.350 e. The lowest BCUT2D eigenvalue weighted by Gasteiger charge is -2.32. The third-order valence-electron chi connectivity index (χ3n) is 4.83. The first-order valence-electron chi connectivity index (χ1n) is 9.98. The summed E-state index contributed by atoms with van der Waals surface area (Å²) in [5.41, 5.74) is 2.71. The molecule has 0 saturated carbocycles. The molecule has 0 aliphatic heterocycles. The highest BCUT2D eigenvalue weighted by Crippen LogP contribution is 2.19. The molecule has 0 saturated heterocycles. The molecule has 4 nitrogen and oxygen atoms in total. The van der Waals surface area contributed by atoms with Gasteiger partial charge in [-0.15, -0.1) is 0 Å². The summed E-state index contributed by atoms with van der Waals surface area (Å²) >= 11 is 6.23. The van der Waals surface area contributed by atoms with Gasteiger partial charge in [0.15, 0.2) is 0 Å². The SMILES string of the molecule is Cc1ccccc1CN(C(=O)CCc1ccccc1Cl)[C@H](C)C(=O)NC(C)(C)C. The number of hydrogen-bond acceptors (Lipinski definition) is 2. The van der Waals surface area contributed by atoms with Crippen LogP contribution >= 0.6 is 11.6 Å². The Balaban J connectivity index is 2.20. The Morgan fingerprint density at radius 1 is 1.03 bits per heavy atom. The predicted octanol–water partition coefficient (Wildman–Crippen LogP) is 4.91. The minimum Gasteiger partial charge on any atom is -0.350 e. The molecule has 0 fully saturated rings. The summed E-state index contributed by atoms with van der Waals surface area (Å²) in [5.74, 6) is -0.220. The normalized spacial score (nSPS) is 12.3. The third-order valence-corrected chi connectivity index (χ3v) is 5.20. The van der Waals surface area contributed by atoms with Gasteiger partial charge in [-0.05, 0) is 63.8 Å². The molecule has 29 heavy (non-hydrogen) atoms. The first-order valence-corrected chi connectivity index (χ1v) is 10.4. The predicted molar refractivity (Wildman–Crippen MR) is 119 cm³/mol. The summed E-state index contributed by atoms with van der Waals surface area (Å²) in [6.07, 6.45) is 0.832. The van der Waals surface area contributed by atoms with Gasteiger partial charge in [0.1, 0.15) is 6.04 Å². The molecule has 0 aromatic heterocycles. The second kappa shape index (κ2) is 9.93. The molecular weight excluding hydrogens is 384 g/mol. The zero-order chi connectivity index (χ0) is 21.6. The van der Waals surface area contributed by atoms with E-state index in [0.29, 0.717) is 24.4 Å². The number of amides is 2. The fourth-order valence-corrected chi connectivity index (χ4v) is 3.34. The molecule has 5 heteroatoms. The third kappa shape index (κ3) is 6.90. The van der Waals surface area contributed by atoms with Crippen LogP contribution in [0.3, 0.4) is 0 Å². The van der Waals surface area contributed by atoms with Crippen LogP contribution in [0.2, 0.25) is 5.02 Å². The number of nitrogens with zero attached hydrogens (tertiary/aromatic N) is 1. The lowest BCUT2D eigenvalue weighted by Crippen LogP contribution is -2.52. The molecule has 0 spiro atoms. The van der Waals surface area contributed by atoms with Gasteiger partial charge in [-0.2, -0.15) is 0 Å². The summed E-state index contributed by atoms with van der Waals surface area (Å²) in [7, 11) is 0. The quantitative estimate of drug-likeness (QED) is 0.699. The first kappa shape index (κ1) is 23.0. The maximum atomic E-state index is 13.2. The van der Waals surface area contributed by atoms with Crippen molar-refractivity contribution < 1.29 is 9.59 Å². The van der Waals surface area contributed by atoms with E-state index in [4.69, 9.17) is 11.6 Å². The molecule has 2 rings (SSSR count). The first-order chi connectivity index (χ1) is 13.6. The van der Waals surface area contributed by atoms with E-state index >= 15 is 0 Å². The van der Waals surface area contributed by atoms with Gasteiger partial charge in [-0.1, -0.05) is 54.1 Å². The molecule has 2 aromatic rings. The Morgan fingerprint density at radius 2 is 1.62 bits per heavy atom. The van der Waals surface area contributed by atoms with E-state index in [2.05, 4.69) is 5.32 Å². The van der Waals surface area contributed by atoms with Gasteiger partial charge >= 0.3 is 0 Å². The van der Waals surface area contributed by atoms with Crippen molar-refractivity contribution in [3.63, 3.8) is 0 Å². The van der Waals surface area contributed by atoms with Crippen molar-refractivity contribution in [2.45, 2.75) is 65.6 Å². The molecule has 2 aromatic carbocycles. The molecule has 0 aliphatic carbocycles. The minimum absolute atomic E-state index is 0.0651. The van der Waals surface area contributed by atoms with E-state index in [-0.39, 0.29) is 17.4 Å². The number of halogens is 1. The van der Waals surface area contributed by atoms with Gasteiger partial charge in [0.25, 0.3) is 0 Å². The van der Waals surface area contributed by atoms with E-state index in [0.717, 1.165) is 16.7 Å². The summed E-state index contributed by atoms with van der Waals surface area (Å²) in [6.45, 7) is 9.99. The van der Waals surface area contributed by atoms with Crippen LogP contribution in [-0.2, 0) is 22.6 Å². The zero-order valence-corrected chi connectivity index (χ0v) is 18.7. The topological polar surface area (TPSA) is 49.4 Å². The van der Waals surface area contributed by atoms with E-state index < -0.39 is 6.04 Å². The van der Waals surface area contributed by atoms with Gasteiger partial charge in [-0.3, -0.25) is 9.59 Å². The Hall–Kier alpha value is -2.33. The highest BCUT2D eigenvalue weighted by molar-refractivity contribution is 6.31. The summed E-state index contributed by atoms with van der Waals surface area (Å²) in [6, 6.07) is 14.9. The molecule has 0 radical (unpaired) electrons. The van der Waals surface area contributed by atoms with E-state index in [9.17, 15) is 9.59 Å². The van der Waals surface area contributed by atoms with Crippen molar-refractivity contribution in [3.05, 3.63) is 70.2 Å². The Morgan fingerprint density at radius 3 is 2.21 bits per heavy atom. The highest BCUT2D eigenvalue weighted by Gasteiger charge is 2.28. The van der Waals surface area contributed by atoms with Gasteiger partial charge < -0.3 is 10.2 Å². The summed E-state index contributed by atoms with van der Waals surface area (Å²) < 4.78 is 0. The molecule has 0 heterocycles. The maximum Gasteiger partial charge on any atom is 0.242 e. The molecule has 2 amide bonds. The second-order valence-electron chi connectivity index (χ2n) is 8.45. The van der Waals surface area contributed by atoms with Crippen LogP contribution in [-0.4, -0.2) is 28.3 Å². The van der Waals surface area contributed by atoms with Crippen LogP contribution in [0.1, 0.15) is 50.8 Å². The molecule has 156 valence electrons. The van der Waals surface area contributed by atoms with Crippen molar-refractivity contribution in [1.82, 2.24) is 10.2 Å². The summed E-state index contributed by atoms with van der Waals surface area (Å²) in [4.78, 5) is 27.6. The van der Waals surface area contributed by atoms with Crippen LogP contribution in [0, 0.1) is 6.92 Å². The van der Waals surface area contributed by atoms with Crippen LogP contribution < -0.4 is 5.32 Å². The van der Waals surface area contributed by atoms with E-state index in [1.807, 2.05) is 76.2 Å². The molecule has 0 unspecified atom stereocenters. The van der Waals surface area contributed by atoms with Crippen LogP contribution in [0.25, 0.3) is 0 Å². The number of aryl methyl sites for hydroxylation is 2. The molecule has 0 bridgehead atoms. The fourth-order valence-electron chi connectivity index (χ4n) is 3.11. The maximum absolute atomic E-state index is 13.2. The van der Waals surface area contributed by atoms with Gasteiger partial charge in [0.2, 0.25) is 11.8 Å². The number of rotatable bonds is 7. The molecule has 0 aliphatic rings. The number of nitrogens with one attached hydrogen (secondary N) is 1. The van der Waals surface area contributed by atoms with Gasteiger partial charge in [0.05, 0.1) is 0 Å². The zero-order valence-electron chi connectivity index (χ0n) is 18.0. The van der Waals surface area contributed by atoms with Crippen molar-refractivity contribution in [1.29, 1.82) is 0 Å². The average molecular weight is 415 g/mol. The lowest BCUT2D eigenvalue weighted by atomic mass is 10.0. The van der Waals surface area contributed by atoms with Crippen LogP contribution in [0.4, 0.5) is 0 Å².